The molecule has 3 rings (SSSR count). The molecule has 1 fully saturated rings. The molecule has 2 aromatic rings. The minimum absolute atomic E-state index is 0.0252. The van der Waals surface area contributed by atoms with Crippen molar-refractivity contribution in [3.8, 4) is 5.75 Å². The molecule has 0 aliphatic carbocycles. The molecule has 1 aliphatic rings. The molecule has 162 valence electrons. The van der Waals surface area contributed by atoms with Crippen molar-refractivity contribution in [1.29, 1.82) is 0 Å². The maximum atomic E-state index is 13.1. The van der Waals surface area contributed by atoms with E-state index in [9.17, 15) is 13.2 Å². The molecule has 2 aromatic carbocycles. The number of benzene rings is 2. The van der Waals surface area contributed by atoms with Gasteiger partial charge in [0.15, 0.2) is 0 Å². The van der Waals surface area contributed by atoms with Crippen LogP contribution in [0.1, 0.15) is 28.4 Å². The van der Waals surface area contributed by atoms with Crippen LogP contribution in [0, 0.1) is 6.92 Å². The smallest absolute Gasteiger partial charge is 0.255 e. The summed E-state index contributed by atoms with van der Waals surface area (Å²) in [6, 6.07) is 8.34. The molecule has 0 radical (unpaired) electrons. The molecule has 0 saturated carbocycles. The Hall–Kier alpha value is -1.94. The zero-order chi connectivity index (χ0) is 21.9. The van der Waals surface area contributed by atoms with Crippen LogP contribution in [0.4, 0.5) is 5.69 Å². The molecule has 1 saturated heterocycles. The van der Waals surface area contributed by atoms with Gasteiger partial charge >= 0.3 is 0 Å². The number of halogens is 1. The molecule has 1 heterocycles. The number of sulfonamides is 1. The molecule has 1 aliphatic heterocycles. The van der Waals surface area contributed by atoms with E-state index in [2.05, 4.69) is 21.2 Å². The first-order valence-corrected chi connectivity index (χ1v) is 11.9. The second-order valence-electron chi connectivity index (χ2n) is 6.95. The number of carbonyl (C=O) groups is 1. The van der Waals surface area contributed by atoms with Crippen molar-refractivity contribution < 1.29 is 22.7 Å². The minimum Gasteiger partial charge on any atom is -0.495 e. The summed E-state index contributed by atoms with van der Waals surface area (Å²) < 4.78 is 39.1. The van der Waals surface area contributed by atoms with Crippen LogP contribution in [0.5, 0.6) is 5.75 Å². The molecular formula is C21H25BrN2O5S. The number of amides is 1. The van der Waals surface area contributed by atoms with Crippen LogP contribution >= 0.6 is 15.9 Å². The van der Waals surface area contributed by atoms with Crippen LogP contribution in [-0.4, -0.2) is 52.0 Å². The van der Waals surface area contributed by atoms with Crippen molar-refractivity contribution in [2.24, 2.45) is 0 Å². The molecule has 7 nitrogen and oxygen atoms in total. The summed E-state index contributed by atoms with van der Waals surface area (Å²) in [5.41, 5.74) is 2.89. The summed E-state index contributed by atoms with van der Waals surface area (Å²) in [5.74, 6) is -0.177. The van der Waals surface area contributed by atoms with Crippen LogP contribution in [0.15, 0.2) is 39.7 Å². The fourth-order valence-corrected chi connectivity index (χ4v) is 5.61. The Labute approximate surface area is 185 Å². The summed E-state index contributed by atoms with van der Waals surface area (Å²) in [6.07, 6.45) is 0.745. The fraction of sp³-hybridized carbons (Fsp3) is 0.381. The van der Waals surface area contributed by atoms with Crippen LogP contribution < -0.4 is 10.1 Å². The summed E-state index contributed by atoms with van der Waals surface area (Å²) in [7, 11) is -2.41. The predicted octanol–water partition coefficient (Wildman–Crippen LogP) is 3.60. The van der Waals surface area contributed by atoms with E-state index in [1.807, 2.05) is 26.0 Å². The number of hydrogen-bond acceptors (Lipinski definition) is 5. The average molecular weight is 497 g/mol. The van der Waals surface area contributed by atoms with Crippen LogP contribution in [0.25, 0.3) is 0 Å². The lowest BCUT2D eigenvalue weighted by Crippen LogP contribution is -2.40. The summed E-state index contributed by atoms with van der Waals surface area (Å²) in [4.78, 5) is 13.0. The molecule has 0 atom stereocenters. The van der Waals surface area contributed by atoms with Crippen LogP contribution in [0.3, 0.4) is 0 Å². The predicted molar refractivity (Wildman–Crippen MR) is 119 cm³/mol. The number of ether oxygens (including phenoxy) is 2. The number of nitrogens with one attached hydrogen (secondary N) is 1. The van der Waals surface area contributed by atoms with E-state index >= 15 is 0 Å². The van der Waals surface area contributed by atoms with Gasteiger partial charge in [-0.25, -0.2) is 8.42 Å². The van der Waals surface area contributed by atoms with E-state index in [4.69, 9.17) is 9.47 Å². The lowest BCUT2D eigenvalue weighted by molar-refractivity contribution is 0.0729. The molecule has 9 heteroatoms. The molecular weight excluding hydrogens is 472 g/mol. The van der Waals surface area contributed by atoms with E-state index in [0.29, 0.717) is 13.2 Å². The second-order valence-corrected chi connectivity index (χ2v) is 9.77. The Bertz CT molecular complexity index is 1050. The summed E-state index contributed by atoms with van der Waals surface area (Å²) in [6.45, 7) is 5.13. The van der Waals surface area contributed by atoms with E-state index in [-0.39, 0.29) is 35.2 Å². The van der Waals surface area contributed by atoms with Gasteiger partial charge in [-0.2, -0.15) is 4.31 Å². The molecule has 0 aromatic heterocycles. The van der Waals surface area contributed by atoms with E-state index in [0.717, 1.165) is 27.7 Å². The first-order chi connectivity index (χ1) is 14.3. The minimum atomic E-state index is -3.82. The molecule has 0 bridgehead atoms. The number of methoxy groups -OCH3 is 1. The first-order valence-electron chi connectivity index (χ1n) is 9.64. The van der Waals surface area contributed by atoms with Gasteiger partial charge in [-0.15, -0.1) is 0 Å². The van der Waals surface area contributed by atoms with Crippen molar-refractivity contribution in [2.75, 3.05) is 38.7 Å². The molecule has 1 amide bonds. The van der Waals surface area contributed by atoms with Crippen LogP contribution in [-0.2, 0) is 21.2 Å². The SMILES string of the molecule is CCc1cc(Br)cc(C)c1NC(=O)c1ccc(OC)c(S(=O)(=O)N2CCOCC2)c1. The lowest BCUT2D eigenvalue weighted by atomic mass is 10.1. The lowest BCUT2D eigenvalue weighted by Gasteiger charge is -2.26. The largest absolute Gasteiger partial charge is 0.495 e. The highest BCUT2D eigenvalue weighted by molar-refractivity contribution is 9.10. The number of hydrogen-bond donors (Lipinski definition) is 1. The Morgan fingerprint density at radius 3 is 2.57 bits per heavy atom. The van der Waals surface area contributed by atoms with Crippen molar-refractivity contribution in [3.63, 3.8) is 0 Å². The van der Waals surface area contributed by atoms with Crippen molar-refractivity contribution in [1.82, 2.24) is 4.31 Å². The molecule has 0 unspecified atom stereocenters. The Kier molecular flexibility index (Phi) is 7.18. The topological polar surface area (TPSA) is 84.9 Å². The van der Waals surface area contributed by atoms with Gasteiger partial charge in [0.25, 0.3) is 5.91 Å². The fourth-order valence-electron chi connectivity index (χ4n) is 3.40. The number of rotatable bonds is 6. The third-order valence-electron chi connectivity index (χ3n) is 5.02. The number of aryl methyl sites for hydroxylation is 2. The van der Waals surface area contributed by atoms with Gasteiger partial charge < -0.3 is 14.8 Å². The first kappa shape index (κ1) is 22.7. The Morgan fingerprint density at radius 2 is 1.93 bits per heavy atom. The van der Waals surface area contributed by atoms with E-state index in [1.165, 1.54) is 23.5 Å². The van der Waals surface area contributed by atoms with Crippen molar-refractivity contribution >= 4 is 37.5 Å². The standard InChI is InChI=1S/C21H25BrN2O5S/c1-4-15-12-17(22)11-14(2)20(15)23-21(25)16-5-6-18(28-3)19(13-16)30(26,27)24-7-9-29-10-8-24/h5-6,11-13H,4,7-10H2,1-3H3,(H,23,25). The number of morpholine rings is 1. The Balaban J connectivity index is 1.96. The quantitative estimate of drug-likeness (QED) is 0.660. The summed E-state index contributed by atoms with van der Waals surface area (Å²) in [5, 5.41) is 2.94. The normalized spacial score (nSPS) is 15.1. The highest BCUT2D eigenvalue weighted by Crippen LogP contribution is 2.30. The third kappa shape index (κ3) is 4.69. The van der Waals surface area contributed by atoms with Gasteiger partial charge in [0.05, 0.1) is 20.3 Å². The van der Waals surface area contributed by atoms with Crippen molar-refractivity contribution in [2.45, 2.75) is 25.2 Å². The average Bonchev–Trinajstić information content (AvgIpc) is 2.75. The van der Waals surface area contributed by atoms with Gasteiger partial charge in [0, 0.05) is 28.8 Å². The Morgan fingerprint density at radius 1 is 1.23 bits per heavy atom. The molecule has 1 N–H and O–H groups in total. The second kappa shape index (κ2) is 9.47. The van der Waals surface area contributed by atoms with Gasteiger partial charge in [-0.05, 0) is 54.8 Å². The van der Waals surface area contributed by atoms with E-state index in [1.54, 1.807) is 6.07 Å². The van der Waals surface area contributed by atoms with Crippen molar-refractivity contribution in [3.05, 3.63) is 51.5 Å². The number of carbonyl (C=O) groups excluding carboxylic acids is 1. The summed E-state index contributed by atoms with van der Waals surface area (Å²) >= 11 is 3.48. The molecule has 30 heavy (non-hydrogen) atoms. The number of nitrogens with zero attached hydrogens (tertiary/aromatic N) is 1. The van der Waals surface area contributed by atoms with Gasteiger partial charge in [-0.3, -0.25) is 4.79 Å². The molecule has 0 spiro atoms. The zero-order valence-electron chi connectivity index (χ0n) is 17.2. The van der Waals surface area contributed by atoms with E-state index < -0.39 is 10.0 Å². The highest BCUT2D eigenvalue weighted by Gasteiger charge is 2.30. The van der Waals surface area contributed by atoms with Crippen LogP contribution in [0.2, 0.25) is 0 Å². The monoisotopic (exact) mass is 496 g/mol. The number of anilines is 1. The third-order valence-corrected chi connectivity index (χ3v) is 7.39. The maximum Gasteiger partial charge on any atom is 0.255 e. The van der Waals surface area contributed by atoms with Gasteiger partial charge in [0.2, 0.25) is 10.0 Å². The highest BCUT2D eigenvalue weighted by atomic mass is 79.9. The maximum absolute atomic E-state index is 13.1. The van der Waals surface area contributed by atoms with Gasteiger partial charge in [0.1, 0.15) is 10.6 Å². The van der Waals surface area contributed by atoms with Gasteiger partial charge in [-0.1, -0.05) is 22.9 Å². The zero-order valence-corrected chi connectivity index (χ0v) is 19.6.